The van der Waals surface area contributed by atoms with Gasteiger partial charge in [0.05, 0.1) is 4.88 Å². The van der Waals surface area contributed by atoms with Crippen LogP contribution in [0.25, 0.3) is 0 Å². The summed E-state index contributed by atoms with van der Waals surface area (Å²) < 4.78 is 0.537. The van der Waals surface area contributed by atoms with Gasteiger partial charge in [-0.05, 0) is 27.4 Å². The molecule has 0 unspecified atom stereocenters. The van der Waals surface area contributed by atoms with Crippen molar-refractivity contribution >= 4 is 39.0 Å². The fourth-order valence-corrected chi connectivity index (χ4v) is 2.04. The van der Waals surface area contributed by atoms with E-state index in [0.717, 1.165) is 11.3 Å². The van der Waals surface area contributed by atoms with Gasteiger partial charge in [-0.3, -0.25) is 4.79 Å². The fourth-order valence-electron chi connectivity index (χ4n) is 0.553. The number of thiophene rings is 1. The Morgan fingerprint density at radius 2 is 2.18 bits per heavy atom. The Morgan fingerprint density at radius 1 is 1.55 bits per heavy atom. The van der Waals surface area contributed by atoms with Crippen LogP contribution in [0.4, 0.5) is 0 Å². The van der Waals surface area contributed by atoms with E-state index in [-0.39, 0.29) is 4.88 Å². The van der Waals surface area contributed by atoms with E-state index in [9.17, 15) is 9.59 Å². The zero-order valence-corrected chi connectivity index (χ0v) is 7.61. The average molecular weight is 235 g/mol. The molecule has 0 saturated heterocycles. The van der Waals surface area contributed by atoms with Crippen molar-refractivity contribution in [2.45, 2.75) is 0 Å². The lowest BCUT2D eigenvalue weighted by Crippen LogP contribution is -2.11. The minimum atomic E-state index is -1.42. The number of carboxylic acids is 1. The van der Waals surface area contributed by atoms with E-state index in [1.54, 1.807) is 11.4 Å². The first-order valence-electron chi connectivity index (χ1n) is 2.63. The van der Waals surface area contributed by atoms with Gasteiger partial charge < -0.3 is 5.11 Å². The van der Waals surface area contributed by atoms with E-state index >= 15 is 0 Å². The first-order chi connectivity index (χ1) is 5.13. The molecule has 0 aliphatic carbocycles. The van der Waals surface area contributed by atoms with E-state index in [2.05, 4.69) is 15.9 Å². The first-order valence-corrected chi connectivity index (χ1v) is 4.31. The Balaban J connectivity index is 3.02. The predicted molar refractivity (Wildman–Crippen MR) is 44.0 cm³/mol. The maximum atomic E-state index is 10.8. The number of hydrogen-bond donors (Lipinski definition) is 1. The standard InChI is InChI=1S/C6H3BrO3S/c7-3-1-2-11-5(3)4(8)6(9)10/h1-2H,(H,9,10). The minimum absolute atomic E-state index is 0.234. The van der Waals surface area contributed by atoms with Crippen molar-refractivity contribution in [3.05, 3.63) is 20.8 Å². The molecule has 3 nitrogen and oxygen atoms in total. The van der Waals surface area contributed by atoms with Crippen LogP contribution in [0, 0.1) is 0 Å². The van der Waals surface area contributed by atoms with Crippen molar-refractivity contribution < 1.29 is 14.7 Å². The molecule has 1 aromatic rings. The monoisotopic (exact) mass is 234 g/mol. The van der Waals surface area contributed by atoms with Crippen LogP contribution in [0.15, 0.2) is 15.9 Å². The van der Waals surface area contributed by atoms with Crippen molar-refractivity contribution in [3.63, 3.8) is 0 Å². The summed E-state index contributed by atoms with van der Waals surface area (Å²) in [5.74, 6) is -2.29. The quantitative estimate of drug-likeness (QED) is 0.627. The maximum absolute atomic E-state index is 10.8. The van der Waals surface area contributed by atoms with Crippen LogP contribution in [0.1, 0.15) is 9.67 Å². The van der Waals surface area contributed by atoms with Crippen molar-refractivity contribution in [1.82, 2.24) is 0 Å². The zero-order valence-electron chi connectivity index (χ0n) is 5.20. The molecule has 1 rings (SSSR count). The molecular formula is C6H3BrO3S. The van der Waals surface area contributed by atoms with Gasteiger partial charge in [0, 0.05) is 4.47 Å². The van der Waals surface area contributed by atoms with E-state index in [1.807, 2.05) is 0 Å². The molecule has 11 heavy (non-hydrogen) atoms. The average Bonchev–Trinajstić information content (AvgIpc) is 2.33. The van der Waals surface area contributed by atoms with E-state index in [4.69, 9.17) is 5.11 Å². The summed E-state index contributed by atoms with van der Waals surface area (Å²) in [5, 5.41) is 9.97. The van der Waals surface area contributed by atoms with Gasteiger partial charge in [-0.15, -0.1) is 11.3 Å². The van der Waals surface area contributed by atoms with Crippen molar-refractivity contribution in [2.24, 2.45) is 0 Å². The lowest BCUT2D eigenvalue weighted by Gasteiger charge is -1.89. The second-order valence-electron chi connectivity index (χ2n) is 1.73. The second-order valence-corrected chi connectivity index (χ2v) is 3.50. The summed E-state index contributed by atoms with van der Waals surface area (Å²) in [7, 11) is 0. The molecule has 5 heteroatoms. The Hall–Kier alpha value is -0.680. The van der Waals surface area contributed by atoms with Gasteiger partial charge in [0.15, 0.2) is 0 Å². The van der Waals surface area contributed by atoms with Crippen LogP contribution < -0.4 is 0 Å². The Morgan fingerprint density at radius 3 is 2.55 bits per heavy atom. The molecule has 58 valence electrons. The summed E-state index contributed by atoms with van der Waals surface area (Å²) >= 11 is 4.17. The van der Waals surface area contributed by atoms with Crippen LogP contribution in [0.3, 0.4) is 0 Å². The van der Waals surface area contributed by atoms with E-state index in [1.165, 1.54) is 0 Å². The van der Waals surface area contributed by atoms with E-state index < -0.39 is 11.8 Å². The molecule has 0 fully saturated rings. The summed E-state index contributed by atoms with van der Waals surface area (Å²) in [5.41, 5.74) is 0. The number of aliphatic carboxylic acids is 1. The number of carboxylic acid groups (broad SMARTS) is 1. The highest BCUT2D eigenvalue weighted by atomic mass is 79.9. The molecule has 0 aliphatic heterocycles. The van der Waals surface area contributed by atoms with Crippen LogP contribution in [-0.2, 0) is 4.79 Å². The van der Waals surface area contributed by atoms with Gasteiger partial charge >= 0.3 is 5.97 Å². The topological polar surface area (TPSA) is 54.4 Å². The summed E-state index contributed by atoms with van der Waals surface area (Å²) in [4.78, 5) is 21.2. The zero-order chi connectivity index (χ0) is 8.43. The maximum Gasteiger partial charge on any atom is 0.378 e. The molecule has 1 aromatic heterocycles. The van der Waals surface area contributed by atoms with Crippen molar-refractivity contribution in [3.8, 4) is 0 Å². The molecule has 0 radical (unpaired) electrons. The summed E-state index contributed by atoms with van der Waals surface area (Å²) in [6.45, 7) is 0. The number of Topliss-reactive ketones (excluding diaryl/α,β-unsaturated/α-hetero) is 1. The van der Waals surface area contributed by atoms with Gasteiger partial charge in [0.2, 0.25) is 0 Å². The number of carbonyl (C=O) groups excluding carboxylic acids is 1. The second kappa shape index (κ2) is 3.15. The lowest BCUT2D eigenvalue weighted by molar-refractivity contribution is -0.131. The Labute approximate surface area is 74.8 Å². The van der Waals surface area contributed by atoms with Gasteiger partial charge in [-0.1, -0.05) is 0 Å². The molecule has 0 bridgehead atoms. The SMILES string of the molecule is O=C(O)C(=O)c1sccc1Br. The first kappa shape index (κ1) is 8.42. The van der Waals surface area contributed by atoms with Gasteiger partial charge in [-0.2, -0.15) is 0 Å². The Kier molecular flexibility index (Phi) is 2.41. The molecular weight excluding hydrogens is 232 g/mol. The number of rotatable bonds is 2. The summed E-state index contributed by atoms with van der Waals surface area (Å²) in [6.07, 6.45) is 0. The Bertz CT molecular complexity index is 305. The number of halogens is 1. The normalized spacial score (nSPS) is 9.55. The molecule has 1 heterocycles. The summed E-state index contributed by atoms with van der Waals surface area (Å²) in [6, 6.07) is 1.64. The largest absolute Gasteiger partial charge is 0.475 e. The fraction of sp³-hybridized carbons (Fsp3) is 0. The highest BCUT2D eigenvalue weighted by Crippen LogP contribution is 2.22. The molecule has 0 aromatic carbocycles. The third-order valence-electron chi connectivity index (χ3n) is 1.02. The molecule has 0 aliphatic rings. The van der Waals surface area contributed by atoms with Gasteiger partial charge in [-0.25, -0.2) is 4.79 Å². The molecule has 0 spiro atoms. The highest BCUT2D eigenvalue weighted by Gasteiger charge is 2.18. The third kappa shape index (κ3) is 1.66. The number of hydrogen-bond acceptors (Lipinski definition) is 3. The van der Waals surface area contributed by atoms with Crippen LogP contribution in [0.5, 0.6) is 0 Å². The van der Waals surface area contributed by atoms with Crippen LogP contribution in [-0.4, -0.2) is 16.9 Å². The smallest absolute Gasteiger partial charge is 0.378 e. The van der Waals surface area contributed by atoms with Crippen molar-refractivity contribution in [1.29, 1.82) is 0 Å². The molecule has 0 amide bonds. The number of ketones is 1. The van der Waals surface area contributed by atoms with E-state index in [0.29, 0.717) is 4.47 Å². The van der Waals surface area contributed by atoms with Crippen molar-refractivity contribution in [2.75, 3.05) is 0 Å². The molecule has 0 saturated carbocycles. The predicted octanol–water partition coefficient (Wildman–Crippen LogP) is 1.78. The third-order valence-corrected chi connectivity index (χ3v) is 2.85. The van der Waals surface area contributed by atoms with Crippen LogP contribution >= 0.6 is 27.3 Å². The number of carbonyl (C=O) groups is 2. The molecule has 0 atom stereocenters. The highest BCUT2D eigenvalue weighted by molar-refractivity contribution is 9.10. The van der Waals surface area contributed by atoms with Gasteiger partial charge in [0.1, 0.15) is 0 Å². The van der Waals surface area contributed by atoms with Gasteiger partial charge in [0.25, 0.3) is 5.78 Å². The minimum Gasteiger partial charge on any atom is -0.475 e. The van der Waals surface area contributed by atoms with Crippen LogP contribution in [0.2, 0.25) is 0 Å². The lowest BCUT2D eigenvalue weighted by atomic mass is 10.3. The molecule has 1 N–H and O–H groups in total.